The van der Waals surface area contributed by atoms with Crippen LogP contribution < -0.4 is 9.64 Å². The topological polar surface area (TPSA) is 89.0 Å². The Labute approximate surface area is 214 Å². The van der Waals surface area contributed by atoms with Crippen LogP contribution >= 0.6 is 11.3 Å². The van der Waals surface area contributed by atoms with E-state index in [2.05, 4.69) is 9.88 Å². The zero-order valence-electron chi connectivity index (χ0n) is 20.2. The molecule has 1 amide bonds. The number of anilines is 1. The van der Waals surface area contributed by atoms with Gasteiger partial charge in [-0.3, -0.25) is 14.6 Å². The van der Waals surface area contributed by atoms with Crippen LogP contribution in [0.4, 0.5) is 9.52 Å². The van der Waals surface area contributed by atoms with E-state index in [4.69, 9.17) is 9.47 Å². The molecule has 0 radical (unpaired) electrons. The smallest absolute Gasteiger partial charge is 0.228 e. The summed E-state index contributed by atoms with van der Waals surface area (Å²) in [7, 11) is -2.01. The predicted octanol–water partition coefficient (Wildman–Crippen LogP) is 3.75. The molecule has 0 N–H and O–H groups in total. The molecule has 1 fully saturated rings. The van der Waals surface area contributed by atoms with Crippen LogP contribution in [-0.4, -0.2) is 76.5 Å². The molecule has 0 bridgehead atoms. The number of sulfone groups is 1. The average Bonchev–Trinajstić information content (AvgIpc) is 3.30. The molecule has 36 heavy (non-hydrogen) atoms. The lowest BCUT2D eigenvalue weighted by atomic mass is 10.2. The zero-order chi connectivity index (χ0) is 25.5. The molecule has 3 aromatic rings. The van der Waals surface area contributed by atoms with Crippen molar-refractivity contribution in [3.8, 4) is 5.75 Å². The molecule has 11 heteroatoms. The Morgan fingerprint density at radius 2 is 1.92 bits per heavy atom. The molecule has 0 spiro atoms. The summed E-state index contributed by atoms with van der Waals surface area (Å²) in [4.78, 5) is 22.0. The Bertz CT molecular complexity index is 1270. The number of hydrogen-bond donors (Lipinski definition) is 0. The second-order valence-electron chi connectivity index (χ2n) is 8.56. The number of morpholine rings is 1. The van der Waals surface area contributed by atoms with Crippen molar-refractivity contribution in [2.45, 2.75) is 24.2 Å². The van der Waals surface area contributed by atoms with Gasteiger partial charge in [0.25, 0.3) is 0 Å². The molecule has 0 aliphatic carbocycles. The summed E-state index contributed by atoms with van der Waals surface area (Å²) in [5.74, 6) is -0.165. The van der Waals surface area contributed by atoms with Crippen LogP contribution in [0.5, 0.6) is 5.75 Å². The lowest BCUT2D eigenvalue weighted by Gasteiger charge is -2.27. The number of benzene rings is 2. The average molecular weight is 536 g/mol. The van der Waals surface area contributed by atoms with Gasteiger partial charge in [-0.25, -0.2) is 17.8 Å². The van der Waals surface area contributed by atoms with Crippen LogP contribution in [0.15, 0.2) is 47.4 Å². The highest BCUT2D eigenvalue weighted by Crippen LogP contribution is 2.32. The Hall–Kier alpha value is -2.60. The van der Waals surface area contributed by atoms with E-state index in [9.17, 15) is 17.6 Å². The summed E-state index contributed by atoms with van der Waals surface area (Å²) < 4.78 is 50.0. The van der Waals surface area contributed by atoms with Crippen molar-refractivity contribution >= 4 is 42.4 Å². The third-order valence-electron chi connectivity index (χ3n) is 6.05. The molecule has 1 saturated heterocycles. The zero-order valence-corrected chi connectivity index (χ0v) is 21.8. The summed E-state index contributed by atoms with van der Waals surface area (Å²) in [6.45, 7) is 4.49. The first-order valence-corrected chi connectivity index (χ1v) is 14.4. The van der Waals surface area contributed by atoms with Crippen molar-refractivity contribution in [1.29, 1.82) is 0 Å². The molecular formula is C25H30FN3O5S2. The van der Waals surface area contributed by atoms with Crippen molar-refractivity contribution in [3.63, 3.8) is 0 Å². The number of hydrogen-bond acceptors (Lipinski definition) is 8. The highest BCUT2D eigenvalue weighted by Gasteiger charge is 2.22. The van der Waals surface area contributed by atoms with Crippen LogP contribution in [-0.2, 0) is 19.4 Å². The molecule has 194 valence electrons. The number of carbonyl (C=O) groups excluding carboxylic acids is 1. The number of thiazole rings is 1. The first kappa shape index (κ1) is 26.5. The van der Waals surface area contributed by atoms with Gasteiger partial charge in [-0.1, -0.05) is 11.3 Å². The molecule has 1 aliphatic heterocycles. The van der Waals surface area contributed by atoms with Crippen molar-refractivity contribution in [1.82, 2.24) is 9.88 Å². The first-order valence-electron chi connectivity index (χ1n) is 11.9. The summed E-state index contributed by atoms with van der Waals surface area (Å²) in [5, 5.41) is 0.589. The molecule has 1 aliphatic rings. The summed E-state index contributed by atoms with van der Waals surface area (Å²) in [5.41, 5.74) is 0.749. The normalized spacial score (nSPS) is 14.7. The number of ether oxygens (including phenoxy) is 2. The quantitative estimate of drug-likeness (QED) is 0.346. The number of rotatable bonds is 11. The van der Waals surface area contributed by atoms with Gasteiger partial charge in [0.05, 0.1) is 41.2 Å². The fourth-order valence-electron chi connectivity index (χ4n) is 4.05. The van der Waals surface area contributed by atoms with Crippen LogP contribution in [0.3, 0.4) is 0 Å². The van der Waals surface area contributed by atoms with Gasteiger partial charge < -0.3 is 9.47 Å². The maximum absolute atomic E-state index is 13.3. The van der Waals surface area contributed by atoms with E-state index in [0.717, 1.165) is 48.4 Å². The largest absolute Gasteiger partial charge is 0.497 e. The highest BCUT2D eigenvalue weighted by atomic mass is 32.2. The van der Waals surface area contributed by atoms with Crippen LogP contribution in [0, 0.1) is 5.82 Å². The number of aromatic nitrogens is 1. The van der Waals surface area contributed by atoms with Crippen molar-refractivity contribution in [2.24, 2.45) is 0 Å². The monoisotopic (exact) mass is 535 g/mol. The Morgan fingerprint density at radius 3 is 2.64 bits per heavy atom. The molecule has 8 nitrogen and oxygen atoms in total. The van der Waals surface area contributed by atoms with Gasteiger partial charge in [-0.05, 0) is 49.2 Å². The lowest BCUT2D eigenvalue weighted by molar-refractivity contribution is -0.118. The number of amides is 1. The van der Waals surface area contributed by atoms with Crippen LogP contribution in [0.2, 0.25) is 0 Å². The molecule has 2 heterocycles. The van der Waals surface area contributed by atoms with E-state index >= 15 is 0 Å². The third-order valence-corrected chi connectivity index (χ3v) is 8.93. The molecule has 0 atom stereocenters. The van der Waals surface area contributed by atoms with Gasteiger partial charge in [0, 0.05) is 38.7 Å². The van der Waals surface area contributed by atoms with Crippen LogP contribution in [0.25, 0.3) is 10.2 Å². The molecule has 0 unspecified atom stereocenters. The summed E-state index contributed by atoms with van der Waals surface area (Å²) >= 11 is 1.43. The minimum Gasteiger partial charge on any atom is -0.497 e. The molecule has 1 aromatic heterocycles. The van der Waals surface area contributed by atoms with Gasteiger partial charge in [0.2, 0.25) is 5.91 Å². The maximum atomic E-state index is 13.3. The number of halogens is 1. The Kier molecular flexibility index (Phi) is 8.89. The molecule has 0 saturated carbocycles. The van der Waals surface area contributed by atoms with Gasteiger partial charge in [-0.15, -0.1) is 0 Å². The maximum Gasteiger partial charge on any atom is 0.228 e. The minimum atomic E-state index is -3.61. The second-order valence-corrected chi connectivity index (χ2v) is 11.7. The van der Waals surface area contributed by atoms with Crippen molar-refractivity contribution < 1.29 is 27.1 Å². The Morgan fingerprint density at radius 1 is 1.17 bits per heavy atom. The number of carbonyl (C=O) groups is 1. The lowest BCUT2D eigenvalue weighted by Crippen LogP contribution is -2.39. The van der Waals surface area contributed by atoms with Gasteiger partial charge in [-0.2, -0.15) is 0 Å². The SMILES string of the molecule is COc1ccc2sc(N(CCCN3CCOCC3)C(=O)CCCS(=O)(=O)c3ccc(F)cc3)nc2c1. The third kappa shape index (κ3) is 6.78. The van der Waals surface area contributed by atoms with E-state index in [1.165, 1.54) is 23.5 Å². The van der Waals surface area contributed by atoms with E-state index in [1.54, 1.807) is 12.0 Å². The second kappa shape index (κ2) is 12.1. The van der Waals surface area contributed by atoms with Crippen molar-refractivity contribution in [3.05, 3.63) is 48.3 Å². The molecule has 2 aromatic carbocycles. The van der Waals surface area contributed by atoms with Gasteiger partial charge >= 0.3 is 0 Å². The number of fused-ring (bicyclic) bond motifs is 1. The summed E-state index contributed by atoms with van der Waals surface area (Å²) in [6.07, 6.45) is 0.993. The van der Waals surface area contributed by atoms with Crippen molar-refractivity contribution in [2.75, 3.05) is 57.2 Å². The van der Waals surface area contributed by atoms with E-state index in [1.807, 2.05) is 18.2 Å². The Balaban J connectivity index is 1.44. The van der Waals surface area contributed by atoms with E-state index in [-0.39, 0.29) is 29.4 Å². The van der Waals surface area contributed by atoms with E-state index in [0.29, 0.717) is 30.6 Å². The molecular weight excluding hydrogens is 505 g/mol. The number of methoxy groups -OCH3 is 1. The fraction of sp³-hybridized carbons (Fsp3) is 0.440. The highest BCUT2D eigenvalue weighted by molar-refractivity contribution is 7.91. The minimum absolute atomic E-state index is 0.0545. The number of nitrogens with zero attached hydrogens (tertiary/aromatic N) is 3. The van der Waals surface area contributed by atoms with Crippen LogP contribution in [0.1, 0.15) is 19.3 Å². The predicted molar refractivity (Wildman–Crippen MR) is 138 cm³/mol. The van der Waals surface area contributed by atoms with E-state index < -0.39 is 15.7 Å². The standard InChI is InChI=1S/C25H30FN3O5S2/c1-33-20-7-10-23-22(18-20)27-25(35-23)29(12-3-11-28-13-15-34-16-14-28)24(30)4-2-17-36(31,32)21-8-5-19(26)6-9-21/h5-10,18H,2-4,11-17H2,1H3. The molecule has 4 rings (SSSR count). The summed E-state index contributed by atoms with van der Waals surface area (Å²) in [6, 6.07) is 10.4. The van der Waals surface area contributed by atoms with Gasteiger partial charge in [0.1, 0.15) is 11.6 Å². The van der Waals surface area contributed by atoms with Gasteiger partial charge in [0.15, 0.2) is 15.0 Å². The first-order chi connectivity index (χ1) is 17.4. The fourth-order valence-corrected chi connectivity index (χ4v) is 6.35.